The summed E-state index contributed by atoms with van der Waals surface area (Å²) in [5, 5.41) is 19.0. The van der Waals surface area contributed by atoms with Crippen LogP contribution in [0.1, 0.15) is 44.9 Å². The van der Waals surface area contributed by atoms with E-state index < -0.39 is 23.7 Å². The summed E-state index contributed by atoms with van der Waals surface area (Å²) < 4.78 is 38.1. The number of rotatable bonds is 9. The molecule has 0 bridgehead atoms. The molecule has 0 spiro atoms. The third kappa shape index (κ3) is 6.51. The molecule has 2 fully saturated rings. The van der Waals surface area contributed by atoms with Crippen LogP contribution in [0.25, 0.3) is 0 Å². The van der Waals surface area contributed by atoms with Crippen LogP contribution >= 0.6 is 0 Å². The van der Waals surface area contributed by atoms with E-state index in [-0.39, 0.29) is 24.9 Å². The van der Waals surface area contributed by atoms with Crippen molar-refractivity contribution in [2.45, 2.75) is 57.2 Å². The van der Waals surface area contributed by atoms with Crippen molar-refractivity contribution in [1.29, 1.82) is 0 Å². The van der Waals surface area contributed by atoms with Crippen molar-refractivity contribution in [3.63, 3.8) is 0 Å². The van der Waals surface area contributed by atoms with Gasteiger partial charge in [-0.2, -0.15) is 0 Å². The summed E-state index contributed by atoms with van der Waals surface area (Å²) >= 11 is 0. The van der Waals surface area contributed by atoms with Gasteiger partial charge in [0.1, 0.15) is 18.5 Å². The van der Waals surface area contributed by atoms with Gasteiger partial charge in [0.25, 0.3) is 0 Å². The molecule has 1 aliphatic carbocycles. The molecule has 1 heterocycles. The highest BCUT2D eigenvalue weighted by atomic mass is 19.1. The first kappa shape index (κ1) is 22.7. The Morgan fingerprint density at radius 2 is 2.10 bits per heavy atom. The van der Waals surface area contributed by atoms with Crippen LogP contribution < -0.4 is 4.74 Å². The van der Waals surface area contributed by atoms with Crippen LogP contribution in [0.5, 0.6) is 5.75 Å². The van der Waals surface area contributed by atoms with E-state index in [1.54, 1.807) is 6.08 Å². The van der Waals surface area contributed by atoms with Gasteiger partial charge in [-0.25, -0.2) is 8.78 Å². The molecule has 1 aliphatic heterocycles. The summed E-state index contributed by atoms with van der Waals surface area (Å²) in [6, 6.07) is 2.97. The fourth-order valence-electron chi connectivity index (χ4n) is 4.54. The summed E-state index contributed by atoms with van der Waals surface area (Å²) in [6.45, 7) is 0.534. The van der Waals surface area contributed by atoms with Gasteiger partial charge in [-0.15, -0.1) is 0 Å². The molecule has 1 saturated carbocycles. The molecule has 0 amide bonds. The van der Waals surface area contributed by atoms with Gasteiger partial charge in [-0.05, 0) is 68.4 Å². The van der Waals surface area contributed by atoms with E-state index in [0.717, 1.165) is 50.3 Å². The average molecular weight is 424 g/mol. The fourth-order valence-corrected chi connectivity index (χ4v) is 4.54. The molecule has 1 aromatic rings. The highest BCUT2D eigenvalue weighted by Gasteiger charge is 2.37. The standard InChI is InChI=1S/C23H30F2O5/c24-17-7-10-20(25)22(12-17)30-14-18(26)8-5-16-6-11-21-19(16)9-4-15(13-29-21)2-1-3-23(27)28/h5,7-8,10,12,15-16,18-19,21,26H,1-4,6,9,11,13-14H2,(H,27,28)/b8-5+/t15-,16-,18+,19+,21-/m0/s1. The zero-order chi connectivity index (χ0) is 21.5. The summed E-state index contributed by atoms with van der Waals surface area (Å²) in [7, 11) is 0. The van der Waals surface area contributed by atoms with Crippen LogP contribution in [0.3, 0.4) is 0 Å². The molecule has 166 valence electrons. The molecule has 0 aromatic heterocycles. The fraction of sp³-hybridized carbons (Fsp3) is 0.609. The predicted molar refractivity (Wildman–Crippen MR) is 107 cm³/mol. The number of benzene rings is 1. The zero-order valence-corrected chi connectivity index (χ0v) is 17.0. The Morgan fingerprint density at radius 3 is 2.90 bits per heavy atom. The number of aliphatic hydroxyl groups excluding tert-OH is 1. The van der Waals surface area contributed by atoms with Gasteiger partial charge in [-0.1, -0.05) is 12.2 Å². The first-order valence-corrected chi connectivity index (χ1v) is 10.7. The Balaban J connectivity index is 1.46. The summed E-state index contributed by atoms with van der Waals surface area (Å²) in [5.74, 6) is -1.14. The lowest BCUT2D eigenvalue weighted by Gasteiger charge is -2.20. The second kappa shape index (κ2) is 10.9. The van der Waals surface area contributed by atoms with Crippen LogP contribution in [0.15, 0.2) is 30.4 Å². The van der Waals surface area contributed by atoms with E-state index in [4.69, 9.17) is 14.6 Å². The number of allylic oxidation sites excluding steroid dienone is 1. The molecule has 5 nitrogen and oxygen atoms in total. The number of hydrogen-bond donors (Lipinski definition) is 2. The molecule has 2 N–H and O–H groups in total. The molecule has 0 unspecified atom stereocenters. The van der Waals surface area contributed by atoms with Crippen LogP contribution in [-0.4, -0.2) is 41.6 Å². The number of ether oxygens (including phenoxy) is 2. The number of halogens is 2. The lowest BCUT2D eigenvalue weighted by Crippen LogP contribution is -2.21. The Bertz CT molecular complexity index is 738. The molecule has 0 radical (unpaired) electrons. The van der Waals surface area contributed by atoms with Gasteiger partial charge in [-0.3, -0.25) is 4.79 Å². The number of aliphatic carboxylic acids is 1. The van der Waals surface area contributed by atoms with E-state index in [0.29, 0.717) is 30.8 Å². The smallest absolute Gasteiger partial charge is 0.303 e. The zero-order valence-electron chi connectivity index (χ0n) is 17.0. The number of aliphatic hydroxyl groups is 1. The molecule has 30 heavy (non-hydrogen) atoms. The van der Waals surface area contributed by atoms with Gasteiger partial charge in [0, 0.05) is 19.1 Å². The van der Waals surface area contributed by atoms with E-state index >= 15 is 0 Å². The number of carbonyl (C=O) groups is 1. The topological polar surface area (TPSA) is 76.0 Å². The Kier molecular flexibility index (Phi) is 8.22. The maximum atomic E-state index is 13.6. The largest absolute Gasteiger partial charge is 0.487 e. The van der Waals surface area contributed by atoms with Gasteiger partial charge in [0.05, 0.1) is 6.10 Å². The summed E-state index contributed by atoms with van der Waals surface area (Å²) in [4.78, 5) is 10.7. The van der Waals surface area contributed by atoms with Crippen LogP contribution in [0.2, 0.25) is 0 Å². The van der Waals surface area contributed by atoms with Crippen molar-refractivity contribution in [2.75, 3.05) is 13.2 Å². The third-order valence-electron chi connectivity index (χ3n) is 6.15. The Labute approximate surface area is 175 Å². The van der Waals surface area contributed by atoms with Crippen molar-refractivity contribution < 1.29 is 33.3 Å². The minimum atomic E-state index is -0.915. The van der Waals surface area contributed by atoms with Crippen molar-refractivity contribution in [3.05, 3.63) is 42.0 Å². The van der Waals surface area contributed by atoms with E-state index in [1.807, 2.05) is 6.08 Å². The summed E-state index contributed by atoms with van der Waals surface area (Å²) in [6.07, 6.45) is 8.72. The number of carboxylic acids is 1. The highest BCUT2D eigenvalue weighted by molar-refractivity contribution is 5.66. The third-order valence-corrected chi connectivity index (χ3v) is 6.15. The van der Waals surface area contributed by atoms with E-state index in [9.17, 15) is 18.7 Å². The number of carboxylic acid groups (broad SMARTS) is 1. The maximum absolute atomic E-state index is 13.6. The molecule has 2 aliphatic rings. The van der Waals surface area contributed by atoms with Crippen molar-refractivity contribution in [3.8, 4) is 5.75 Å². The van der Waals surface area contributed by atoms with E-state index in [2.05, 4.69) is 0 Å². The number of fused-ring (bicyclic) bond motifs is 1. The molecule has 5 atom stereocenters. The van der Waals surface area contributed by atoms with Crippen molar-refractivity contribution in [2.24, 2.45) is 17.8 Å². The molecule has 3 rings (SSSR count). The Morgan fingerprint density at radius 1 is 1.27 bits per heavy atom. The van der Waals surface area contributed by atoms with Gasteiger partial charge < -0.3 is 19.7 Å². The lowest BCUT2D eigenvalue weighted by atomic mass is 9.87. The molecule has 1 aromatic carbocycles. The van der Waals surface area contributed by atoms with Crippen LogP contribution in [0.4, 0.5) is 8.78 Å². The molecule has 1 saturated heterocycles. The maximum Gasteiger partial charge on any atom is 0.303 e. The number of hydrogen-bond acceptors (Lipinski definition) is 4. The van der Waals surface area contributed by atoms with Gasteiger partial charge >= 0.3 is 5.97 Å². The monoisotopic (exact) mass is 424 g/mol. The minimum absolute atomic E-state index is 0.153. The average Bonchev–Trinajstić information content (AvgIpc) is 2.98. The summed E-state index contributed by atoms with van der Waals surface area (Å²) in [5.41, 5.74) is 0. The van der Waals surface area contributed by atoms with Crippen molar-refractivity contribution in [1.82, 2.24) is 0 Å². The molecular formula is C23H30F2O5. The first-order valence-electron chi connectivity index (χ1n) is 10.7. The highest BCUT2D eigenvalue weighted by Crippen LogP contribution is 2.41. The van der Waals surface area contributed by atoms with Crippen LogP contribution in [-0.2, 0) is 9.53 Å². The normalized spacial score (nSPS) is 27.6. The molecular weight excluding hydrogens is 394 g/mol. The second-order valence-corrected chi connectivity index (χ2v) is 8.34. The minimum Gasteiger partial charge on any atom is -0.487 e. The molecule has 7 heteroatoms. The van der Waals surface area contributed by atoms with Crippen LogP contribution in [0, 0.1) is 29.4 Å². The van der Waals surface area contributed by atoms with Gasteiger partial charge in [0.15, 0.2) is 11.6 Å². The quantitative estimate of drug-likeness (QED) is 0.577. The SMILES string of the molecule is O=C(O)CCC[C@H]1CC[C@H]2[C@H](CC[C@@H]2/C=C/[C@@H](O)COc2cc(F)ccc2F)OC1. The Hall–Kier alpha value is -1.99. The lowest BCUT2D eigenvalue weighted by molar-refractivity contribution is -0.137. The first-order chi connectivity index (χ1) is 14.4. The second-order valence-electron chi connectivity index (χ2n) is 8.34. The van der Waals surface area contributed by atoms with E-state index in [1.165, 1.54) is 0 Å². The van der Waals surface area contributed by atoms with Crippen molar-refractivity contribution >= 4 is 5.97 Å². The van der Waals surface area contributed by atoms with Gasteiger partial charge in [0.2, 0.25) is 0 Å². The predicted octanol–water partition coefficient (Wildman–Crippen LogP) is 4.34.